The molecule has 7 heteroatoms. The molecule has 3 rings (SSSR count). The number of likely N-dealkylation sites (tertiary alicyclic amines) is 1. The number of aliphatic carboxylic acids is 1. The van der Waals surface area contributed by atoms with Gasteiger partial charge in [-0.3, -0.25) is 14.6 Å². The molecular weight excluding hydrogens is 356 g/mol. The molecule has 0 saturated carbocycles. The number of hydrogen-bond donors (Lipinski definition) is 1. The smallest absolute Gasteiger partial charge is 0.317 e. The Morgan fingerprint density at radius 2 is 2.04 bits per heavy atom. The summed E-state index contributed by atoms with van der Waals surface area (Å²) in [5.74, 6) is 0.971. The number of nitrogens with zero attached hydrogens (tertiary/aromatic N) is 4. The molecule has 1 aromatic heterocycles. The Balaban J connectivity index is 1.57. The maximum Gasteiger partial charge on any atom is 0.317 e. The lowest BCUT2D eigenvalue weighted by molar-refractivity contribution is -0.138. The molecule has 1 saturated heterocycles. The van der Waals surface area contributed by atoms with Gasteiger partial charge in [0.2, 0.25) is 11.7 Å². The van der Waals surface area contributed by atoms with E-state index in [1.54, 1.807) is 0 Å². The lowest BCUT2D eigenvalue weighted by Crippen LogP contribution is -2.36. The maximum atomic E-state index is 10.9. The molecule has 1 aromatic carbocycles. The molecule has 152 valence electrons. The van der Waals surface area contributed by atoms with Crippen molar-refractivity contribution < 1.29 is 14.4 Å². The quantitative estimate of drug-likeness (QED) is 0.782. The first-order valence-corrected chi connectivity index (χ1v) is 9.99. The molecule has 0 amide bonds. The van der Waals surface area contributed by atoms with Crippen LogP contribution in [0.25, 0.3) is 11.4 Å². The summed E-state index contributed by atoms with van der Waals surface area (Å²) in [5.41, 5.74) is 2.25. The van der Waals surface area contributed by atoms with Gasteiger partial charge < -0.3 is 9.63 Å². The number of hydrogen-bond acceptors (Lipinski definition) is 6. The van der Waals surface area contributed by atoms with Crippen LogP contribution in [0.1, 0.15) is 50.5 Å². The van der Waals surface area contributed by atoms with E-state index in [4.69, 9.17) is 9.63 Å². The fourth-order valence-electron chi connectivity index (χ4n) is 3.72. The molecule has 28 heavy (non-hydrogen) atoms. The minimum atomic E-state index is -0.775. The van der Waals surface area contributed by atoms with Gasteiger partial charge in [-0.25, -0.2) is 0 Å². The fourth-order valence-corrected chi connectivity index (χ4v) is 3.72. The van der Waals surface area contributed by atoms with Crippen LogP contribution in [-0.4, -0.2) is 63.7 Å². The molecule has 0 aliphatic carbocycles. The number of carboxylic acids is 1. The van der Waals surface area contributed by atoms with Gasteiger partial charge in [-0.2, -0.15) is 4.98 Å². The second-order valence-electron chi connectivity index (χ2n) is 7.96. The van der Waals surface area contributed by atoms with Crippen LogP contribution in [-0.2, 0) is 11.3 Å². The molecule has 0 spiro atoms. The second kappa shape index (κ2) is 9.30. The van der Waals surface area contributed by atoms with Crippen molar-refractivity contribution >= 4 is 5.97 Å². The highest BCUT2D eigenvalue weighted by molar-refractivity contribution is 5.69. The van der Waals surface area contributed by atoms with Crippen molar-refractivity contribution in [3.63, 3.8) is 0 Å². The van der Waals surface area contributed by atoms with Crippen LogP contribution in [0.2, 0.25) is 0 Å². The summed E-state index contributed by atoms with van der Waals surface area (Å²) in [6.45, 7) is 6.92. The molecule has 2 aromatic rings. The highest BCUT2D eigenvalue weighted by atomic mass is 16.5. The second-order valence-corrected chi connectivity index (χ2v) is 7.96. The van der Waals surface area contributed by atoms with Gasteiger partial charge in [-0.1, -0.05) is 43.3 Å². The molecule has 0 bridgehead atoms. The van der Waals surface area contributed by atoms with E-state index in [-0.39, 0.29) is 6.54 Å². The lowest BCUT2D eigenvalue weighted by atomic mass is 10.0. The molecule has 7 nitrogen and oxygen atoms in total. The van der Waals surface area contributed by atoms with Crippen molar-refractivity contribution in [1.82, 2.24) is 19.9 Å². The van der Waals surface area contributed by atoms with Crippen LogP contribution in [0.4, 0.5) is 0 Å². The Morgan fingerprint density at radius 3 is 2.71 bits per heavy atom. The van der Waals surface area contributed by atoms with Gasteiger partial charge in [-0.15, -0.1) is 0 Å². The highest BCUT2D eigenvalue weighted by Gasteiger charge is 2.23. The summed E-state index contributed by atoms with van der Waals surface area (Å²) in [6, 6.07) is 8.60. The first-order valence-electron chi connectivity index (χ1n) is 9.99. The van der Waals surface area contributed by atoms with Crippen molar-refractivity contribution in [3.05, 3.63) is 35.7 Å². The van der Waals surface area contributed by atoms with Crippen molar-refractivity contribution in [2.45, 2.75) is 51.6 Å². The molecule has 1 unspecified atom stereocenters. The van der Waals surface area contributed by atoms with E-state index in [1.165, 1.54) is 5.56 Å². The summed E-state index contributed by atoms with van der Waals surface area (Å²) in [5, 5.41) is 13.1. The zero-order valence-corrected chi connectivity index (χ0v) is 17.0. The summed E-state index contributed by atoms with van der Waals surface area (Å²) in [6.07, 6.45) is 2.99. The van der Waals surface area contributed by atoms with E-state index >= 15 is 0 Å². The first kappa shape index (κ1) is 20.5. The van der Waals surface area contributed by atoms with E-state index in [0.29, 0.717) is 30.2 Å². The van der Waals surface area contributed by atoms with Gasteiger partial charge in [0, 0.05) is 18.2 Å². The molecule has 2 heterocycles. The normalized spacial score (nSPS) is 18.5. The Hall–Kier alpha value is -2.25. The van der Waals surface area contributed by atoms with Crippen LogP contribution in [0.15, 0.2) is 28.8 Å². The summed E-state index contributed by atoms with van der Waals surface area (Å²) >= 11 is 0. The Bertz CT molecular complexity index is 772. The Kier molecular flexibility index (Phi) is 6.80. The molecular formula is C21H30N4O3. The predicted octanol–water partition coefficient (Wildman–Crippen LogP) is 3.23. The number of likely N-dealkylation sites (N-methyl/N-ethyl adjacent to an activating group) is 1. The minimum absolute atomic E-state index is 0.0906. The van der Waals surface area contributed by atoms with Crippen LogP contribution >= 0.6 is 0 Å². The van der Waals surface area contributed by atoms with Crippen LogP contribution in [0.3, 0.4) is 0 Å². The average molecular weight is 386 g/mol. The Morgan fingerprint density at radius 1 is 1.29 bits per heavy atom. The van der Waals surface area contributed by atoms with E-state index < -0.39 is 5.97 Å². The van der Waals surface area contributed by atoms with Gasteiger partial charge in [0.25, 0.3) is 0 Å². The van der Waals surface area contributed by atoms with Gasteiger partial charge in [0.15, 0.2) is 0 Å². The van der Waals surface area contributed by atoms with E-state index in [9.17, 15) is 4.79 Å². The van der Waals surface area contributed by atoms with E-state index in [1.807, 2.05) is 24.1 Å². The van der Waals surface area contributed by atoms with Crippen LogP contribution in [0.5, 0.6) is 0 Å². The number of carbonyl (C=O) groups is 1. The number of rotatable bonds is 7. The van der Waals surface area contributed by atoms with E-state index in [0.717, 1.165) is 37.9 Å². The largest absolute Gasteiger partial charge is 0.480 e. The van der Waals surface area contributed by atoms with Crippen molar-refractivity contribution in [2.24, 2.45) is 0 Å². The molecule has 1 aliphatic heterocycles. The lowest BCUT2D eigenvalue weighted by Gasteiger charge is -2.25. The molecule has 1 fully saturated rings. The third kappa shape index (κ3) is 5.39. The van der Waals surface area contributed by atoms with Crippen LogP contribution in [0, 0.1) is 0 Å². The van der Waals surface area contributed by atoms with Gasteiger partial charge in [-0.05, 0) is 44.3 Å². The molecule has 1 aliphatic rings. The predicted molar refractivity (Wildman–Crippen MR) is 107 cm³/mol. The zero-order valence-electron chi connectivity index (χ0n) is 17.0. The fraction of sp³-hybridized carbons (Fsp3) is 0.571. The standard InChI is InChI=1S/C21H30N4O3/c1-15(2)16-6-8-17(9-7-16)21-22-19(28-23-21)13-25-11-4-5-18(10-12-25)24(3)14-20(26)27/h6-9,15,18H,4-5,10-14H2,1-3H3,(H,26,27). The highest BCUT2D eigenvalue weighted by Crippen LogP contribution is 2.22. The average Bonchev–Trinajstić information content (AvgIpc) is 2.99. The SMILES string of the molecule is CC(C)c1ccc(-c2noc(CN3CCCC(N(C)CC(=O)O)CC3)n2)cc1. The number of carboxylic acid groups (broad SMARTS) is 1. The van der Waals surface area contributed by atoms with Crippen molar-refractivity contribution in [1.29, 1.82) is 0 Å². The monoisotopic (exact) mass is 386 g/mol. The third-order valence-corrected chi connectivity index (χ3v) is 5.46. The van der Waals surface area contributed by atoms with Gasteiger partial charge >= 0.3 is 5.97 Å². The van der Waals surface area contributed by atoms with Gasteiger partial charge in [0.1, 0.15) is 0 Å². The molecule has 1 N–H and O–H groups in total. The molecule has 0 radical (unpaired) electrons. The van der Waals surface area contributed by atoms with Crippen LogP contribution < -0.4 is 0 Å². The Labute approximate surface area is 166 Å². The number of benzene rings is 1. The van der Waals surface area contributed by atoms with Crippen molar-refractivity contribution in [3.8, 4) is 11.4 Å². The van der Waals surface area contributed by atoms with E-state index in [2.05, 4.69) is 41.0 Å². The minimum Gasteiger partial charge on any atom is -0.480 e. The topological polar surface area (TPSA) is 82.7 Å². The zero-order chi connectivity index (χ0) is 20.1. The summed E-state index contributed by atoms with van der Waals surface area (Å²) < 4.78 is 5.48. The van der Waals surface area contributed by atoms with Gasteiger partial charge in [0.05, 0.1) is 13.1 Å². The third-order valence-electron chi connectivity index (χ3n) is 5.46. The summed E-state index contributed by atoms with van der Waals surface area (Å²) in [4.78, 5) is 19.8. The number of aromatic nitrogens is 2. The first-order chi connectivity index (χ1) is 13.4. The molecule has 1 atom stereocenters. The maximum absolute atomic E-state index is 10.9. The summed E-state index contributed by atoms with van der Waals surface area (Å²) in [7, 11) is 1.89. The van der Waals surface area contributed by atoms with Crippen molar-refractivity contribution in [2.75, 3.05) is 26.7 Å².